The van der Waals surface area contributed by atoms with Crippen LogP contribution >= 0.6 is 0 Å². The Hall–Kier alpha value is -2.82. The first-order valence-corrected chi connectivity index (χ1v) is 6.18. The van der Waals surface area contributed by atoms with Gasteiger partial charge in [-0.05, 0) is 29.8 Å². The second-order valence-corrected chi connectivity index (χ2v) is 4.15. The highest BCUT2D eigenvalue weighted by molar-refractivity contribution is 5.77. The van der Waals surface area contributed by atoms with Crippen molar-refractivity contribution in [3.63, 3.8) is 0 Å². The van der Waals surface area contributed by atoms with Crippen molar-refractivity contribution in [2.75, 3.05) is 0 Å². The molecular weight excluding hydrogens is 252 g/mol. The summed E-state index contributed by atoms with van der Waals surface area (Å²) in [5, 5.41) is 6.30. The zero-order valence-electron chi connectivity index (χ0n) is 11.0. The average Bonchev–Trinajstić information content (AvgIpc) is 2.47. The Morgan fingerprint density at radius 2 is 1.75 bits per heavy atom. The lowest BCUT2D eigenvalue weighted by Gasteiger charge is -2.05. The van der Waals surface area contributed by atoms with E-state index in [0.717, 1.165) is 16.9 Å². The van der Waals surface area contributed by atoms with Crippen LogP contribution in [0.1, 0.15) is 11.1 Å². The van der Waals surface area contributed by atoms with Crippen LogP contribution in [0.2, 0.25) is 0 Å². The lowest BCUT2D eigenvalue weighted by Crippen LogP contribution is -2.63. The molecule has 0 saturated heterocycles. The Morgan fingerprint density at radius 3 is 2.40 bits per heavy atom. The van der Waals surface area contributed by atoms with Gasteiger partial charge in [0, 0.05) is 10.7 Å². The van der Waals surface area contributed by atoms with Gasteiger partial charge >= 0.3 is 0 Å². The fraction of sp³-hybridized carbons (Fsp3) is 0.0667. The maximum atomic E-state index is 5.69. The second kappa shape index (κ2) is 6.94. The maximum Gasteiger partial charge on any atom is 0.256 e. The van der Waals surface area contributed by atoms with Crippen LogP contribution in [0.25, 0.3) is 0 Å². The van der Waals surface area contributed by atoms with Crippen molar-refractivity contribution in [1.29, 1.82) is 0 Å². The van der Waals surface area contributed by atoms with Crippen LogP contribution in [0.15, 0.2) is 59.7 Å². The molecule has 5 nitrogen and oxygen atoms in total. The summed E-state index contributed by atoms with van der Waals surface area (Å²) >= 11 is 0. The normalized spacial score (nSPS) is 10.4. The number of nitrogens with one attached hydrogen (secondary N) is 1. The van der Waals surface area contributed by atoms with Crippen molar-refractivity contribution >= 4 is 12.2 Å². The Morgan fingerprint density at radius 1 is 1.05 bits per heavy atom. The van der Waals surface area contributed by atoms with Gasteiger partial charge in [-0.15, -0.1) is 5.10 Å². The van der Waals surface area contributed by atoms with Gasteiger partial charge in [-0.1, -0.05) is 30.3 Å². The van der Waals surface area contributed by atoms with Crippen LogP contribution in [-0.4, -0.2) is 12.2 Å². The number of hydrazone groups is 1. The van der Waals surface area contributed by atoms with Crippen LogP contribution < -0.4 is 21.3 Å². The van der Waals surface area contributed by atoms with Crippen molar-refractivity contribution in [2.45, 2.75) is 6.61 Å². The lowest BCUT2D eigenvalue weighted by molar-refractivity contribution is -0.456. The minimum absolute atomic E-state index is 0.0101. The molecule has 2 aromatic carbocycles. The van der Waals surface area contributed by atoms with Crippen molar-refractivity contribution in [1.82, 2.24) is 0 Å². The van der Waals surface area contributed by atoms with E-state index in [1.807, 2.05) is 54.6 Å². The third-order valence-electron chi connectivity index (χ3n) is 2.55. The quantitative estimate of drug-likeness (QED) is 0.404. The zero-order chi connectivity index (χ0) is 14.2. The fourth-order valence-corrected chi connectivity index (χ4v) is 1.58. The molecule has 0 aromatic heterocycles. The standard InChI is InChI=1S/C15H16N4O/c16-15(17)19-18-10-12-6-8-14(9-7-12)20-11-13-4-2-1-3-5-13/h1-10H,11H2,(H4,16,17,19)/p+1/b18-10+. The molecule has 0 spiro atoms. The van der Waals surface area contributed by atoms with Crippen LogP contribution in [0.4, 0.5) is 0 Å². The van der Waals surface area contributed by atoms with E-state index in [1.165, 1.54) is 0 Å². The van der Waals surface area contributed by atoms with Crippen molar-refractivity contribution in [2.24, 2.45) is 16.6 Å². The van der Waals surface area contributed by atoms with Crippen LogP contribution in [0.3, 0.4) is 0 Å². The number of rotatable bonds is 5. The molecule has 0 aliphatic rings. The highest BCUT2D eigenvalue weighted by atomic mass is 16.5. The molecule has 0 heterocycles. The van der Waals surface area contributed by atoms with E-state index in [4.69, 9.17) is 16.2 Å². The molecule has 20 heavy (non-hydrogen) atoms. The number of guanidine groups is 1. The molecule has 0 fully saturated rings. The molecule has 0 aliphatic heterocycles. The van der Waals surface area contributed by atoms with E-state index in [2.05, 4.69) is 10.2 Å². The van der Waals surface area contributed by atoms with E-state index in [9.17, 15) is 0 Å². The minimum Gasteiger partial charge on any atom is -0.489 e. The summed E-state index contributed by atoms with van der Waals surface area (Å²) in [6.45, 7) is 0.552. The third-order valence-corrected chi connectivity index (χ3v) is 2.55. The molecule has 5 N–H and O–H groups in total. The molecule has 0 amide bonds. The maximum absolute atomic E-state index is 5.69. The fourth-order valence-electron chi connectivity index (χ4n) is 1.58. The zero-order valence-corrected chi connectivity index (χ0v) is 11.0. The average molecular weight is 269 g/mol. The number of hydrogen-bond acceptors (Lipinski definition) is 2. The topological polar surface area (TPSA) is 87.6 Å². The summed E-state index contributed by atoms with van der Waals surface area (Å²) in [4.78, 5) is 0. The smallest absolute Gasteiger partial charge is 0.256 e. The Kier molecular flexibility index (Phi) is 4.72. The Balaban J connectivity index is 1.92. The first kappa shape index (κ1) is 13.6. The van der Waals surface area contributed by atoms with Crippen LogP contribution in [-0.2, 0) is 6.61 Å². The molecule has 5 heteroatoms. The van der Waals surface area contributed by atoms with Gasteiger partial charge in [0.05, 0.1) is 0 Å². The summed E-state index contributed by atoms with van der Waals surface area (Å²) in [5.74, 6) is 0.803. The molecular formula is C15H17N4O+. The number of nitrogens with two attached hydrogens (primary N) is 2. The summed E-state index contributed by atoms with van der Waals surface area (Å²) in [7, 11) is 0. The second-order valence-electron chi connectivity index (χ2n) is 4.15. The van der Waals surface area contributed by atoms with E-state index in [-0.39, 0.29) is 5.96 Å². The predicted octanol–water partition coefficient (Wildman–Crippen LogP) is -0.0465. The van der Waals surface area contributed by atoms with Gasteiger partial charge < -0.3 is 16.2 Å². The van der Waals surface area contributed by atoms with Crippen molar-refractivity contribution < 1.29 is 9.84 Å². The third kappa shape index (κ3) is 4.45. The SMILES string of the molecule is NC(N)=N/[NH+]=C/c1ccc(OCc2ccccc2)cc1. The van der Waals surface area contributed by atoms with E-state index in [0.29, 0.717) is 6.61 Å². The summed E-state index contributed by atoms with van der Waals surface area (Å²) in [6.07, 6.45) is 1.70. The van der Waals surface area contributed by atoms with Gasteiger partial charge in [-0.3, -0.25) is 0 Å². The summed E-state index contributed by atoms with van der Waals surface area (Å²) < 4.78 is 5.69. The molecule has 102 valence electrons. The number of ether oxygens (including phenoxy) is 1. The van der Waals surface area contributed by atoms with Gasteiger partial charge in [-0.25, -0.2) is 0 Å². The van der Waals surface area contributed by atoms with Gasteiger partial charge in [0.1, 0.15) is 12.4 Å². The number of nitrogens with zero attached hydrogens (tertiary/aromatic N) is 1. The highest BCUT2D eigenvalue weighted by Gasteiger charge is 1.97. The Bertz CT molecular complexity index is 587. The monoisotopic (exact) mass is 269 g/mol. The van der Waals surface area contributed by atoms with Gasteiger partial charge in [-0.2, -0.15) is 0 Å². The van der Waals surface area contributed by atoms with Gasteiger partial charge in [0.2, 0.25) is 6.21 Å². The van der Waals surface area contributed by atoms with Crippen LogP contribution in [0.5, 0.6) is 5.75 Å². The Labute approximate surface area is 117 Å². The van der Waals surface area contributed by atoms with E-state index >= 15 is 0 Å². The first-order valence-electron chi connectivity index (χ1n) is 6.18. The molecule has 0 aliphatic carbocycles. The first-order chi connectivity index (χ1) is 9.74. The molecule has 2 aromatic rings. The molecule has 2 rings (SSSR count). The molecule has 0 atom stereocenters. The van der Waals surface area contributed by atoms with Crippen molar-refractivity contribution in [3.8, 4) is 5.75 Å². The number of hydrogen-bond donors (Lipinski definition) is 3. The highest BCUT2D eigenvalue weighted by Crippen LogP contribution is 2.13. The van der Waals surface area contributed by atoms with Gasteiger partial charge in [0.15, 0.2) is 0 Å². The minimum atomic E-state index is -0.0101. The molecule has 0 unspecified atom stereocenters. The lowest BCUT2D eigenvalue weighted by atomic mass is 10.2. The van der Waals surface area contributed by atoms with Gasteiger partial charge in [0.25, 0.3) is 5.96 Å². The predicted molar refractivity (Wildman–Crippen MR) is 79.2 cm³/mol. The summed E-state index contributed by atoms with van der Waals surface area (Å²) in [5.41, 5.74) is 12.5. The largest absolute Gasteiger partial charge is 0.489 e. The van der Waals surface area contributed by atoms with E-state index in [1.54, 1.807) is 6.21 Å². The van der Waals surface area contributed by atoms with E-state index < -0.39 is 0 Å². The summed E-state index contributed by atoms with van der Waals surface area (Å²) in [6, 6.07) is 17.6. The van der Waals surface area contributed by atoms with Crippen molar-refractivity contribution in [3.05, 3.63) is 65.7 Å². The van der Waals surface area contributed by atoms with Crippen LogP contribution in [0, 0.1) is 0 Å². The molecule has 0 bridgehead atoms. The number of benzene rings is 2. The molecule has 0 radical (unpaired) electrons. The molecule has 0 saturated carbocycles.